The molecule has 7 heteroatoms. The van der Waals surface area contributed by atoms with Gasteiger partial charge < -0.3 is 20.3 Å². The first kappa shape index (κ1) is 18.3. The summed E-state index contributed by atoms with van der Waals surface area (Å²) in [4.78, 5) is 29.8. The second-order valence-corrected chi connectivity index (χ2v) is 5.53. The van der Waals surface area contributed by atoms with E-state index in [-0.39, 0.29) is 30.3 Å². The maximum absolute atomic E-state index is 11.8. The van der Waals surface area contributed by atoms with Crippen molar-refractivity contribution in [2.45, 2.75) is 27.2 Å². The highest BCUT2D eigenvalue weighted by Gasteiger charge is 2.36. The molecule has 0 saturated carbocycles. The second-order valence-electron chi connectivity index (χ2n) is 5.53. The van der Waals surface area contributed by atoms with Crippen LogP contribution in [0.2, 0.25) is 0 Å². The van der Waals surface area contributed by atoms with E-state index >= 15 is 0 Å². The number of nitrogens with one attached hydrogen (secondary N) is 2. The van der Waals surface area contributed by atoms with Crippen molar-refractivity contribution in [2.75, 3.05) is 39.8 Å². The van der Waals surface area contributed by atoms with Gasteiger partial charge in [0, 0.05) is 26.2 Å². The van der Waals surface area contributed by atoms with Crippen LogP contribution in [0, 0.1) is 11.8 Å². The number of carbonyl (C=O) groups excluding carboxylic acids is 2. The minimum Gasteiger partial charge on any atom is -0.469 e. The Balaban J connectivity index is 2.67. The van der Waals surface area contributed by atoms with E-state index in [1.165, 1.54) is 7.11 Å². The average Bonchev–Trinajstić information content (AvgIpc) is 2.90. The fraction of sp³-hybridized carbons (Fsp3) is 0.800. The predicted molar refractivity (Wildman–Crippen MR) is 85.5 cm³/mol. The van der Waals surface area contributed by atoms with Crippen molar-refractivity contribution in [2.24, 2.45) is 16.8 Å². The lowest BCUT2D eigenvalue weighted by molar-refractivity contribution is -0.146. The molecule has 0 radical (unpaired) electrons. The Morgan fingerprint density at radius 3 is 2.59 bits per heavy atom. The van der Waals surface area contributed by atoms with E-state index in [1.54, 1.807) is 0 Å². The van der Waals surface area contributed by atoms with Gasteiger partial charge in [-0.2, -0.15) is 0 Å². The SMILES string of the molecule is CCCNC(=O)CN=C(NCC)N1CC(C)C(C(=O)OC)C1. The summed E-state index contributed by atoms with van der Waals surface area (Å²) in [5.74, 6) is 0.445. The summed E-state index contributed by atoms with van der Waals surface area (Å²) in [7, 11) is 1.41. The van der Waals surface area contributed by atoms with E-state index in [0.717, 1.165) is 13.0 Å². The summed E-state index contributed by atoms with van der Waals surface area (Å²) in [6, 6.07) is 0. The number of methoxy groups -OCH3 is 1. The molecule has 0 aromatic heterocycles. The van der Waals surface area contributed by atoms with Gasteiger partial charge in [-0.25, -0.2) is 4.99 Å². The normalized spacial score (nSPS) is 21.6. The summed E-state index contributed by atoms with van der Waals surface area (Å²) in [6.45, 7) is 8.77. The molecule has 2 unspecified atom stereocenters. The minimum atomic E-state index is -0.188. The number of esters is 1. The number of ether oxygens (including phenoxy) is 1. The van der Waals surface area contributed by atoms with Crippen LogP contribution in [-0.2, 0) is 14.3 Å². The first-order valence-corrected chi connectivity index (χ1v) is 7.91. The van der Waals surface area contributed by atoms with E-state index in [2.05, 4.69) is 15.6 Å². The Morgan fingerprint density at radius 1 is 1.27 bits per heavy atom. The number of amides is 1. The Labute approximate surface area is 132 Å². The highest BCUT2D eigenvalue weighted by Crippen LogP contribution is 2.24. The Hall–Kier alpha value is -1.79. The molecule has 2 atom stereocenters. The summed E-state index contributed by atoms with van der Waals surface area (Å²) < 4.78 is 4.85. The van der Waals surface area contributed by atoms with Crippen LogP contribution >= 0.6 is 0 Å². The molecule has 22 heavy (non-hydrogen) atoms. The molecule has 1 heterocycles. The number of guanidine groups is 1. The molecule has 126 valence electrons. The van der Waals surface area contributed by atoms with Gasteiger partial charge in [-0.3, -0.25) is 9.59 Å². The van der Waals surface area contributed by atoms with Crippen LogP contribution in [-0.4, -0.2) is 62.6 Å². The van der Waals surface area contributed by atoms with Crippen molar-refractivity contribution >= 4 is 17.8 Å². The average molecular weight is 312 g/mol. The van der Waals surface area contributed by atoms with Gasteiger partial charge in [0.2, 0.25) is 5.91 Å². The number of hydrogen-bond donors (Lipinski definition) is 2. The first-order chi connectivity index (χ1) is 10.5. The van der Waals surface area contributed by atoms with Gasteiger partial charge in [-0.05, 0) is 19.3 Å². The zero-order valence-corrected chi connectivity index (χ0v) is 14.0. The number of nitrogens with zero attached hydrogens (tertiary/aromatic N) is 2. The molecule has 1 fully saturated rings. The van der Waals surface area contributed by atoms with Crippen LogP contribution < -0.4 is 10.6 Å². The zero-order chi connectivity index (χ0) is 16.5. The zero-order valence-electron chi connectivity index (χ0n) is 14.0. The maximum atomic E-state index is 11.8. The van der Waals surface area contributed by atoms with Crippen LogP contribution in [0.15, 0.2) is 4.99 Å². The molecule has 1 amide bonds. The molecule has 2 N–H and O–H groups in total. The van der Waals surface area contributed by atoms with Gasteiger partial charge in [0.25, 0.3) is 0 Å². The summed E-state index contributed by atoms with van der Waals surface area (Å²) >= 11 is 0. The molecule has 0 spiro atoms. The third-order valence-corrected chi connectivity index (χ3v) is 3.70. The number of likely N-dealkylation sites (tertiary alicyclic amines) is 1. The van der Waals surface area contributed by atoms with Crippen molar-refractivity contribution in [1.29, 1.82) is 0 Å². The van der Waals surface area contributed by atoms with Crippen LogP contribution in [0.1, 0.15) is 27.2 Å². The molecular weight excluding hydrogens is 284 g/mol. The predicted octanol–water partition coefficient (Wildman–Crippen LogP) is 0.219. The fourth-order valence-electron chi connectivity index (χ4n) is 2.49. The largest absolute Gasteiger partial charge is 0.469 e. The quantitative estimate of drug-likeness (QED) is 0.416. The topological polar surface area (TPSA) is 83.0 Å². The lowest BCUT2D eigenvalue weighted by Crippen LogP contribution is -2.41. The van der Waals surface area contributed by atoms with E-state index in [1.807, 2.05) is 25.7 Å². The van der Waals surface area contributed by atoms with E-state index in [4.69, 9.17) is 4.74 Å². The van der Waals surface area contributed by atoms with Gasteiger partial charge in [0.1, 0.15) is 6.54 Å². The molecule has 7 nitrogen and oxygen atoms in total. The first-order valence-electron chi connectivity index (χ1n) is 7.91. The number of aliphatic imine (C=N–C) groups is 1. The van der Waals surface area contributed by atoms with Crippen molar-refractivity contribution in [3.05, 3.63) is 0 Å². The molecule has 0 aliphatic carbocycles. The standard InChI is InChI=1S/C15H28N4O3/c1-5-7-17-13(20)8-18-15(16-6-2)19-9-11(3)12(10-19)14(21)22-4/h11-12H,5-10H2,1-4H3,(H,16,18)(H,17,20). The van der Waals surface area contributed by atoms with Gasteiger partial charge in [-0.15, -0.1) is 0 Å². The number of hydrogen-bond acceptors (Lipinski definition) is 4. The minimum absolute atomic E-state index is 0.0889. The van der Waals surface area contributed by atoms with Gasteiger partial charge >= 0.3 is 5.97 Å². The Morgan fingerprint density at radius 2 is 2.00 bits per heavy atom. The molecule has 1 aliphatic rings. The van der Waals surface area contributed by atoms with Crippen LogP contribution in [0.4, 0.5) is 0 Å². The van der Waals surface area contributed by atoms with Gasteiger partial charge in [-0.1, -0.05) is 13.8 Å². The third kappa shape index (κ3) is 5.20. The third-order valence-electron chi connectivity index (χ3n) is 3.70. The molecule has 1 aliphatic heterocycles. The van der Waals surface area contributed by atoms with Crippen molar-refractivity contribution < 1.29 is 14.3 Å². The Kier molecular flexibility index (Phi) is 7.70. The van der Waals surface area contributed by atoms with E-state index in [9.17, 15) is 9.59 Å². The van der Waals surface area contributed by atoms with Crippen LogP contribution in [0.5, 0.6) is 0 Å². The number of carbonyl (C=O) groups is 2. The van der Waals surface area contributed by atoms with Gasteiger partial charge in [0.05, 0.1) is 13.0 Å². The van der Waals surface area contributed by atoms with Crippen LogP contribution in [0.3, 0.4) is 0 Å². The smallest absolute Gasteiger partial charge is 0.310 e. The maximum Gasteiger partial charge on any atom is 0.310 e. The van der Waals surface area contributed by atoms with Gasteiger partial charge in [0.15, 0.2) is 5.96 Å². The van der Waals surface area contributed by atoms with Crippen molar-refractivity contribution in [3.8, 4) is 0 Å². The van der Waals surface area contributed by atoms with E-state index < -0.39 is 0 Å². The number of rotatable bonds is 6. The summed E-state index contributed by atoms with van der Waals surface area (Å²) in [6.07, 6.45) is 0.903. The fourth-order valence-corrected chi connectivity index (χ4v) is 2.49. The Bertz CT molecular complexity index is 412. The molecule has 1 rings (SSSR count). The molecular formula is C15H28N4O3. The van der Waals surface area contributed by atoms with Crippen molar-refractivity contribution in [1.82, 2.24) is 15.5 Å². The lowest BCUT2D eigenvalue weighted by atomic mass is 9.99. The monoisotopic (exact) mass is 312 g/mol. The molecule has 0 bridgehead atoms. The van der Waals surface area contributed by atoms with Crippen molar-refractivity contribution in [3.63, 3.8) is 0 Å². The second kappa shape index (κ2) is 9.27. The summed E-state index contributed by atoms with van der Waals surface area (Å²) in [5, 5.41) is 5.98. The highest BCUT2D eigenvalue weighted by molar-refractivity contribution is 5.86. The molecule has 1 saturated heterocycles. The molecule has 0 aromatic rings. The lowest BCUT2D eigenvalue weighted by Gasteiger charge is -2.21. The summed E-state index contributed by atoms with van der Waals surface area (Å²) in [5.41, 5.74) is 0. The van der Waals surface area contributed by atoms with Crippen LogP contribution in [0.25, 0.3) is 0 Å². The molecule has 0 aromatic carbocycles. The highest BCUT2D eigenvalue weighted by atomic mass is 16.5. The van der Waals surface area contributed by atoms with E-state index in [0.29, 0.717) is 25.6 Å².